The third-order valence-corrected chi connectivity index (χ3v) is 7.32. The standard InChI is InChI=1S/C19H24N4O3S/c1-14-11-15-3-2-4-17(18(15)21-12-14)27(25,26)23-9-7-22(8-10-23)19(24)16-5-6-20-13-16/h2-4,11-12,16,20H,5-10,13H2,1H3. The molecule has 1 unspecified atom stereocenters. The molecule has 1 amide bonds. The number of pyridine rings is 1. The molecule has 0 saturated carbocycles. The van der Waals surface area contributed by atoms with Crippen LogP contribution in [0.15, 0.2) is 35.4 Å². The number of sulfonamides is 1. The SMILES string of the molecule is Cc1cnc2c(S(=O)(=O)N3CCN(C(=O)C4CCNC4)CC3)cccc2c1. The Morgan fingerprint density at radius 1 is 1.22 bits per heavy atom. The van der Waals surface area contributed by atoms with Crippen LogP contribution in [0, 0.1) is 12.8 Å². The van der Waals surface area contributed by atoms with Gasteiger partial charge in [0, 0.05) is 44.3 Å². The highest BCUT2D eigenvalue weighted by Crippen LogP contribution is 2.26. The average molecular weight is 388 g/mol. The van der Waals surface area contributed by atoms with E-state index in [-0.39, 0.29) is 16.7 Å². The van der Waals surface area contributed by atoms with Crippen molar-refractivity contribution in [2.24, 2.45) is 5.92 Å². The molecule has 2 aliphatic heterocycles. The van der Waals surface area contributed by atoms with Gasteiger partial charge in [0.1, 0.15) is 4.90 Å². The molecule has 2 saturated heterocycles. The van der Waals surface area contributed by atoms with Crippen LogP contribution in [0.3, 0.4) is 0 Å². The first-order valence-corrected chi connectivity index (χ1v) is 10.8. The summed E-state index contributed by atoms with van der Waals surface area (Å²) in [6, 6.07) is 7.18. The molecule has 1 N–H and O–H groups in total. The fourth-order valence-electron chi connectivity index (χ4n) is 3.86. The summed E-state index contributed by atoms with van der Waals surface area (Å²) in [7, 11) is -3.65. The summed E-state index contributed by atoms with van der Waals surface area (Å²) in [4.78, 5) is 18.9. The van der Waals surface area contributed by atoms with Gasteiger partial charge < -0.3 is 10.2 Å². The normalized spacial score (nSPS) is 21.7. The molecule has 2 fully saturated rings. The summed E-state index contributed by atoms with van der Waals surface area (Å²) in [5.74, 6) is 0.165. The third kappa shape index (κ3) is 3.44. The highest BCUT2D eigenvalue weighted by Gasteiger charge is 2.34. The van der Waals surface area contributed by atoms with E-state index in [1.54, 1.807) is 23.2 Å². The summed E-state index contributed by atoms with van der Waals surface area (Å²) in [6.45, 7) is 5.03. The van der Waals surface area contributed by atoms with Gasteiger partial charge in [0.25, 0.3) is 0 Å². The molecule has 0 aliphatic carbocycles. The number of nitrogens with zero attached hydrogens (tertiary/aromatic N) is 3. The van der Waals surface area contributed by atoms with Gasteiger partial charge in [-0.2, -0.15) is 4.31 Å². The molecule has 2 aliphatic rings. The Morgan fingerprint density at radius 2 is 2.00 bits per heavy atom. The molecule has 3 heterocycles. The number of nitrogens with one attached hydrogen (secondary N) is 1. The monoisotopic (exact) mass is 388 g/mol. The topological polar surface area (TPSA) is 82.6 Å². The third-order valence-electron chi connectivity index (χ3n) is 5.39. The number of aryl methyl sites for hydroxylation is 1. The number of carbonyl (C=O) groups is 1. The quantitative estimate of drug-likeness (QED) is 0.848. The van der Waals surface area contributed by atoms with Crippen LogP contribution in [0.25, 0.3) is 10.9 Å². The summed E-state index contributed by atoms with van der Waals surface area (Å²) < 4.78 is 27.9. The molecule has 8 heteroatoms. The van der Waals surface area contributed by atoms with E-state index in [9.17, 15) is 13.2 Å². The summed E-state index contributed by atoms with van der Waals surface area (Å²) in [5.41, 5.74) is 1.49. The zero-order chi connectivity index (χ0) is 19.0. The maximum atomic E-state index is 13.2. The average Bonchev–Trinajstić information content (AvgIpc) is 3.21. The van der Waals surface area contributed by atoms with E-state index in [2.05, 4.69) is 10.3 Å². The molecule has 27 heavy (non-hydrogen) atoms. The Bertz CT molecular complexity index is 962. The number of para-hydroxylation sites is 1. The van der Waals surface area contributed by atoms with Crippen molar-refractivity contribution in [1.29, 1.82) is 0 Å². The van der Waals surface area contributed by atoms with Crippen LogP contribution in [-0.4, -0.2) is 67.8 Å². The highest BCUT2D eigenvalue weighted by molar-refractivity contribution is 7.89. The molecular weight excluding hydrogens is 364 g/mol. The van der Waals surface area contributed by atoms with Crippen molar-refractivity contribution >= 4 is 26.8 Å². The lowest BCUT2D eigenvalue weighted by Crippen LogP contribution is -2.52. The predicted octanol–water partition coefficient (Wildman–Crippen LogP) is 0.986. The Labute approximate surface area is 159 Å². The van der Waals surface area contributed by atoms with Gasteiger partial charge in [-0.1, -0.05) is 12.1 Å². The molecule has 1 aromatic carbocycles. The van der Waals surface area contributed by atoms with Crippen LogP contribution < -0.4 is 5.32 Å². The van der Waals surface area contributed by atoms with Gasteiger partial charge in [0.2, 0.25) is 15.9 Å². The first-order valence-electron chi connectivity index (χ1n) is 9.32. The van der Waals surface area contributed by atoms with Gasteiger partial charge in [-0.3, -0.25) is 9.78 Å². The molecular formula is C19H24N4O3S. The first kappa shape index (κ1) is 18.3. The Kier molecular flexibility index (Phi) is 4.88. The molecule has 2 aromatic rings. The molecule has 1 aromatic heterocycles. The van der Waals surface area contributed by atoms with Crippen molar-refractivity contribution in [3.05, 3.63) is 36.0 Å². The van der Waals surface area contributed by atoms with E-state index < -0.39 is 10.0 Å². The molecule has 7 nitrogen and oxygen atoms in total. The fourth-order valence-corrected chi connectivity index (χ4v) is 5.45. The molecule has 144 valence electrons. The molecule has 0 radical (unpaired) electrons. The van der Waals surface area contributed by atoms with Gasteiger partial charge in [-0.05, 0) is 37.6 Å². The number of aromatic nitrogens is 1. The van der Waals surface area contributed by atoms with Crippen LogP contribution in [0.5, 0.6) is 0 Å². The van der Waals surface area contributed by atoms with Crippen LogP contribution >= 0.6 is 0 Å². The number of piperazine rings is 1. The molecule has 0 spiro atoms. The largest absolute Gasteiger partial charge is 0.340 e. The molecule has 1 atom stereocenters. The number of carbonyl (C=O) groups excluding carboxylic acids is 1. The van der Waals surface area contributed by atoms with Crippen molar-refractivity contribution in [3.8, 4) is 0 Å². The van der Waals surface area contributed by atoms with Crippen molar-refractivity contribution < 1.29 is 13.2 Å². The van der Waals surface area contributed by atoms with Gasteiger partial charge in [0.15, 0.2) is 0 Å². The molecule has 0 bridgehead atoms. The highest BCUT2D eigenvalue weighted by atomic mass is 32.2. The lowest BCUT2D eigenvalue weighted by molar-refractivity contribution is -0.136. The number of hydrogen-bond donors (Lipinski definition) is 1. The zero-order valence-corrected chi connectivity index (χ0v) is 16.2. The Morgan fingerprint density at radius 3 is 2.70 bits per heavy atom. The minimum Gasteiger partial charge on any atom is -0.340 e. The van der Waals surface area contributed by atoms with Crippen molar-refractivity contribution in [2.75, 3.05) is 39.3 Å². The minimum absolute atomic E-state index is 0.0265. The second kappa shape index (κ2) is 7.18. The zero-order valence-electron chi connectivity index (χ0n) is 15.4. The maximum absolute atomic E-state index is 13.2. The van der Waals surface area contributed by atoms with Gasteiger partial charge in [-0.25, -0.2) is 8.42 Å². The van der Waals surface area contributed by atoms with E-state index in [0.717, 1.165) is 30.5 Å². The lowest BCUT2D eigenvalue weighted by Gasteiger charge is -2.35. The van der Waals surface area contributed by atoms with Crippen molar-refractivity contribution in [1.82, 2.24) is 19.5 Å². The van der Waals surface area contributed by atoms with E-state index in [0.29, 0.717) is 31.7 Å². The predicted molar refractivity (Wildman–Crippen MR) is 103 cm³/mol. The van der Waals surface area contributed by atoms with Crippen LogP contribution in [-0.2, 0) is 14.8 Å². The summed E-state index contributed by atoms with van der Waals surface area (Å²) >= 11 is 0. The number of benzene rings is 1. The van der Waals surface area contributed by atoms with Crippen LogP contribution in [0.2, 0.25) is 0 Å². The maximum Gasteiger partial charge on any atom is 0.245 e. The first-order chi connectivity index (χ1) is 13.0. The van der Waals surface area contributed by atoms with E-state index in [4.69, 9.17) is 0 Å². The van der Waals surface area contributed by atoms with Crippen LogP contribution in [0.4, 0.5) is 0 Å². The van der Waals surface area contributed by atoms with Crippen molar-refractivity contribution in [3.63, 3.8) is 0 Å². The Balaban J connectivity index is 1.53. The second-order valence-corrected chi connectivity index (χ2v) is 9.17. The van der Waals surface area contributed by atoms with E-state index in [1.807, 2.05) is 19.1 Å². The van der Waals surface area contributed by atoms with Gasteiger partial charge in [-0.15, -0.1) is 0 Å². The number of rotatable bonds is 3. The second-order valence-electron chi connectivity index (χ2n) is 7.26. The minimum atomic E-state index is -3.65. The summed E-state index contributed by atoms with van der Waals surface area (Å²) in [5, 5.41) is 4.03. The van der Waals surface area contributed by atoms with Gasteiger partial charge >= 0.3 is 0 Å². The van der Waals surface area contributed by atoms with E-state index in [1.165, 1.54) is 4.31 Å². The summed E-state index contributed by atoms with van der Waals surface area (Å²) in [6.07, 6.45) is 2.55. The Hall–Kier alpha value is -2.03. The number of fused-ring (bicyclic) bond motifs is 1. The lowest BCUT2D eigenvalue weighted by atomic mass is 10.1. The smallest absolute Gasteiger partial charge is 0.245 e. The fraction of sp³-hybridized carbons (Fsp3) is 0.474. The number of hydrogen-bond acceptors (Lipinski definition) is 5. The van der Waals surface area contributed by atoms with E-state index >= 15 is 0 Å². The number of amides is 1. The van der Waals surface area contributed by atoms with Gasteiger partial charge in [0.05, 0.1) is 11.4 Å². The molecule has 4 rings (SSSR count). The van der Waals surface area contributed by atoms with Crippen LogP contribution in [0.1, 0.15) is 12.0 Å². The van der Waals surface area contributed by atoms with Crippen molar-refractivity contribution in [2.45, 2.75) is 18.2 Å².